The highest BCUT2D eigenvalue weighted by atomic mass is 19.4. The summed E-state index contributed by atoms with van der Waals surface area (Å²) in [5, 5.41) is 9.30. The Morgan fingerprint density at radius 3 is 2.50 bits per heavy atom. The number of carboxylic acid groups (broad SMARTS) is 1. The Bertz CT molecular complexity index is 656. The molecule has 3 nitrogen and oxygen atoms in total. The molecule has 0 radical (unpaired) electrons. The zero-order chi connectivity index (χ0) is 15.1. The Kier molecular flexibility index (Phi) is 3.50. The van der Waals surface area contributed by atoms with Crippen LogP contribution in [0.3, 0.4) is 0 Å². The molecule has 0 aliphatic rings. The van der Waals surface area contributed by atoms with Crippen molar-refractivity contribution in [2.45, 2.75) is 32.5 Å². The van der Waals surface area contributed by atoms with Crippen LogP contribution in [0.1, 0.15) is 31.1 Å². The number of alkyl halides is 3. The molecule has 1 aromatic heterocycles. The molecule has 0 fully saturated rings. The Morgan fingerprint density at radius 1 is 1.35 bits per heavy atom. The number of carboxylic acids is 1. The lowest BCUT2D eigenvalue weighted by atomic mass is 10.1. The van der Waals surface area contributed by atoms with Gasteiger partial charge >= 0.3 is 12.1 Å². The van der Waals surface area contributed by atoms with Crippen molar-refractivity contribution >= 4 is 16.9 Å². The number of carbonyl (C=O) groups is 1. The molecular formula is C14H14F3NO2. The van der Waals surface area contributed by atoms with Crippen molar-refractivity contribution < 1.29 is 23.1 Å². The van der Waals surface area contributed by atoms with Crippen LogP contribution in [-0.2, 0) is 17.4 Å². The fourth-order valence-electron chi connectivity index (χ4n) is 2.45. The summed E-state index contributed by atoms with van der Waals surface area (Å²) in [6.07, 6.45) is -4.77. The molecule has 20 heavy (non-hydrogen) atoms. The van der Waals surface area contributed by atoms with E-state index in [0.717, 1.165) is 6.07 Å². The maximum absolute atomic E-state index is 13.1. The lowest BCUT2D eigenvalue weighted by Gasteiger charge is -2.17. The minimum absolute atomic E-state index is 0.0475. The van der Waals surface area contributed by atoms with Crippen LogP contribution in [0, 0.1) is 0 Å². The summed E-state index contributed by atoms with van der Waals surface area (Å²) in [5.41, 5.74) is -0.314. The molecule has 1 heterocycles. The van der Waals surface area contributed by atoms with E-state index in [-0.39, 0.29) is 18.0 Å². The smallest absolute Gasteiger partial charge is 0.418 e. The van der Waals surface area contributed by atoms with Crippen molar-refractivity contribution in [3.05, 3.63) is 35.5 Å². The molecular weight excluding hydrogens is 271 g/mol. The topological polar surface area (TPSA) is 42.2 Å². The molecule has 108 valence electrons. The molecule has 0 saturated carbocycles. The van der Waals surface area contributed by atoms with Gasteiger partial charge in [0, 0.05) is 17.1 Å². The Labute approximate surface area is 113 Å². The molecule has 2 aromatic rings. The van der Waals surface area contributed by atoms with Gasteiger partial charge in [-0.15, -0.1) is 0 Å². The fourth-order valence-corrected chi connectivity index (χ4v) is 2.45. The molecule has 0 aliphatic carbocycles. The van der Waals surface area contributed by atoms with E-state index in [4.69, 9.17) is 5.11 Å². The molecule has 0 spiro atoms. The third kappa shape index (κ3) is 2.50. The van der Waals surface area contributed by atoms with Crippen LogP contribution >= 0.6 is 0 Å². The number of nitrogens with zero attached hydrogens (tertiary/aromatic N) is 1. The fraction of sp³-hybridized carbons (Fsp3) is 0.357. The van der Waals surface area contributed by atoms with E-state index in [1.54, 1.807) is 19.9 Å². The van der Waals surface area contributed by atoms with Crippen molar-refractivity contribution in [1.29, 1.82) is 0 Å². The minimum atomic E-state index is -4.47. The number of rotatable bonds is 3. The van der Waals surface area contributed by atoms with Crippen molar-refractivity contribution in [3.63, 3.8) is 0 Å². The van der Waals surface area contributed by atoms with E-state index in [0.29, 0.717) is 11.1 Å². The van der Waals surface area contributed by atoms with Gasteiger partial charge in [-0.2, -0.15) is 13.2 Å². The first-order valence-electron chi connectivity index (χ1n) is 6.13. The van der Waals surface area contributed by atoms with Gasteiger partial charge in [-0.05, 0) is 26.0 Å². The van der Waals surface area contributed by atoms with Crippen molar-refractivity contribution in [1.82, 2.24) is 4.57 Å². The maximum Gasteiger partial charge on any atom is 0.418 e. The van der Waals surface area contributed by atoms with Gasteiger partial charge in [0.1, 0.15) is 0 Å². The second kappa shape index (κ2) is 4.85. The number of hydrogen-bond donors (Lipinski definition) is 1. The number of hydrogen-bond acceptors (Lipinski definition) is 1. The SMILES string of the molecule is CC(C)n1c(CC(=O)O)cc2cccc(C(F)(F)F)c21. The number of aromatic nitrogens is 1. The lowest BCUT2D eigenvalue weighted by molar-refractivity contribution is -0.137. The predicted molar refractivity (Wildman–Crippen MR) is 68.7 cm³/mol. The largest absolute Gasteiger partial charge is 0.481 e. The van der Waals surface area contributed by atoms with Gasteiger partial charge in [0.15, 0.2) is 0 Å². The zero-order valence-corrected chi connectivity index (χ0v) is 11.0. The normalized spacial score (nSPS) is 12.3. The second-order valence-electron chi connectivity index (χ2n) is 4.91. The third-order valence-electron chi connectivity index (χ3n) is 3.09. The van der Waals surface area contributed by atoms with E-state index in [1.165, 1.54) is 16.7 Å². The van der Waals surface area contributed by atoms with E-state index >= 15 is 0 Å². The molecule has 0 amide bonds. The number of fused-ring (bicyclic) bond motifs is 1. The molecule has 0 unspecified atom stereocenters. The van der Waals surface area contributed by atoms with Crippen LogP contribution in [0.15, 0.2) is 24.3 Å². The standard InChI is InChI=1S/C14H14F3NO2/c1-8(2)18-10(7-12(19)20)6-9-4-3-5-11(13(9)18)14(15,16)17/h3-6,8H,7H2,1-2H3,(H,19,20). The number of para-hydroxylation sites is 1. The monoisotopic (exact) mass is 285 g/mol. The van der Waals surface area contributed by atoms with Gasteiger partial charge in [0.05, 0.1) is 17.5 Å². The molecule has 0 bridgehead atoms. The number of benzene rings is 1. The highest BCUT2D eigenvalue weighted by molar-refractivity contribution is 5.86. The summed E-state index contributed by atoms with van der Waals surface area (Å²) in [6, 6.07) is 5.17. The van der Waals surface area contributed by atoms with Crippen molar-refractivity contribution in [2.24, 2.45) is 0 Å². The van der Waals surface area contributed by atoms with E-state index in [9.17, 15) is 18.0 Å². The summed E-state index contributed by atoms with van der Waals surface area (Å²) >= 11 is 0. The molecule has 1 N–H and O–H groups in total. The quantitative estimate of drug-likeness (QED) is 0.930. The highest BCUT2D eigenvalue weighted by Gasteiger charge is 2.34. The van der Waals surface area contributed by atoms with Gasteiger partial charge < -0.3 is 9.67 Å². The molecule has 2 rings (SSSR count). The van der Waals surface area contributed by atoms with Crippen LogP contribution in [-0.4, -0.2) is 15.6 Å². The number of halogens is 3. The van der Waals surface area contributed by atoms with Crippen LogP contribution < -0.4 is 0 Å². The van der Waals surface area contributed by atoms with Gasteiger partial charge in [0.2, 0.25) is 0 Å². The first kappa shape index (κ1) is 14.4. The Hall–Kier alpha value is -1.98. The molecule has 0 saturated heterocycles. The highest BCUT2D eigenvalue weighted by Crippen LogP contribution is 2.37. The van der Waals surface area contributed by atoms with Gasteiger partial charge in [0.25, 0.3) is 0 Å². The Morgan fingerprint density at radius 2 is 2.00 bits per heavy atom. The summed E-state index contributed by atoms with van der Waals surface area (Å²) < 4.78 is 40.8. The maximum atomic E-state index is 13.1. The lowest BCUT2D eigenvalue weighted by Crippen LogP contribution is -2.13. The van der Waals surface area contributed by atoms with E-state index in [1.807, 2.05) is 0 Å². The Balaban J connectivity index is 2.80. The first-order chi connectivity index (χ1) is 9.21. The molecule has 1 aromatic carbocycles. The predicted octanol–water partition coefficient (Wildman–Crippen LogP) is 3.87. The second-order valence-corrected chi connectivity index (χ2v) is 4.91. The average molecular weight is 285 g/mol. The van der Waals surface area contributed by atoms with Gasteiger partial charge in [-0.1, -0.05) is 12.1 Å². The van der Waals surface area contributed by atoms with Crippen molar-refractivity contribution in [2.75, 3.05) is 0 Å². The molecule has 6 heteroatoms. The van der Waals surface area contributed by atoms with Crippen LogP contribution in [0.2, 0.25) is 0 Å². The summed E-state index contributed by atoms with van der Waals surface area (Å²) in [4.78, 5) is 10.9. The zero-order valence-electron chi connectivity index (χ0n) is 11.0. The van der Waals surface area contributed by atoms with E-state index in [2.05, 4.69) is 0 Å². The number of aliphatic carboxylic acids is 1. The van der Waals surface area contributed by atoms with Crippen molar-refractivity contribution in [3.8, 4) is 0 Å². The average Bonchev–Trinajstić information content (AvgIpc) is 2.63. The molecule has 0 atom stereocenters. The van der Waals surface area contributed by atoms with Gasteiger partial charge in [-0.3, -0.25) is 4.79 Å². The van der Waals surface area contributed by atoms with E-state index < -0.39 is 17.7 Å². The summed E-state index contributed by atoms with van der Waals surface area (Å²) in [6.45, 7) is 3.47. The summed E-state index contributed by atoms with van der Waals surface area (Å²) in [7, 11) is 0. The van der Waals surface area contributed by atoms with Gasteiger partial charge in [-0.25, -0.2) is 0 Å². The summed E-state index contributed by atoms with van der Waals surface area (Å²) in [5.74, 6) is -1.07. The van der Waals surface area contributed by atoms with Crippen LogP contribution in [0.5, 0.6) is 0 Å². The molecule has 0 aliphatic heterocycles. The van der Waals surface area contributed by atoms with Crippen LogP contribution in [0.25, 0.3) is 10.9 Å². The van der Waals surface area contributed by atoms with Crippen LogP contribution in [0.4, 0.5) is 13.2 Å². The first-order valence-corrected chi connectivity index (χ1v) is 6.13. The minimum Gasteiger partial charge on any atom is -0.481 e. The third-order valence-corrected chi connectivity index (χ3v) is 3.09.